The summed E-state index contributed by atoms with van der Waals surface area (Å²) in [5, 5.41) is 8.70. The number of nitrogens with zero attached hydrogens (tertiary/aromatic N) is 3. The van der Waals surface area contributed by atoms with E-state index in [1.807, 2.05) is 6.07 Å². The summed E-state index contributed by atoms with van der Waals surface area (Å²) < 4.78 is 37.7. The van der Waals surface area contributed by atoms with Crippen LogP contribution in [-0.2, 0) is 0 Å². The van der Waals surface area contributed by atoms with Crippen molar-refractivity contribution in [1.82, 2.24) is 4.98 Å². The van der Waals surface area contributed by atoms with Crippen LogP contribution < -0.4 is 10.6 Å². The Balaban J connectivity index is 2.08. The molecule has 0 saturated carbocycles. The molecule has 0 bridgehead atoms. The van der Waals surface area contributed by atoms with E-state index in [0.29, 0.717) is 17.1 Å². The van der Waals surface area contributed by atoms with E-state index in [4.69, 9.17) is 11.0 Å². The predicted octanol–water partition coefficient (Wildman–Crippen LogP) is 2.31. The molecule has 0 atom stereocenters. The SMILES string of the molecule is N#Cc1cnc(N2CCC(C(F)(F)F)CC2)c(N)c1. The third-order valence-corrected chi connectivity index (χ3v) is 3.28. The van der Waals surface area contributed by atoms with Crippen LogP contribution >= 0.6 is 0 Å². The lowest BCUT2D eigenvalue weighted by Crippen LogP contribution is -2.39. The molecule has 0 unspecified atom stereocenters. The van der Waals surface area contributed by atoms with Gasteiger partial charge in [0.2, 0.25) is 0 Å². The largest absolute Gasteiger partial charge is 0.396 e. The minimum atomic E-state index is -4.13. The van der Waals surface area contributed by atoms with Gasteiger partial charge in [0, 0.05) is 19.3 Å². The van der Waals surface area contributed by atoms with E-state index in [1.54, 1.807) is 4.90 Å². The van der Waals surface area contributed by atoms with Gasteiger partial charge in [-0.05, 0) is 18.9 Å². The Morgan fingerprint density at radius 3 is 2.47 bits per heavy atom. The second-order valence-electron chi connectivity index (χ2n) is 4.55. The molecule has 4 nitrogen and oxygen atoms in total. The Morgan fingerprint density at radius 2 is 2.00 bits per heavy atom. The maximum Gasteiger partial charge on any atom is 0.391 e. The van der Waals surface area contributed by atoms with Gasteiger partial charge < -0.3 is 10.6 Å². The van der Waals surface area contributed by atoms with Crippen LogP contribution in [0.2, 0.25) is 0 Å². The van der Waals surface area contributed by atoms with Crippen LogP contribution in [0.1, 0.15) is 18.4 Å². The average Bonchev–Trinajstić information content (AvgIpc) is 2.37. The fraction of sp³-hybridized carbons (Fsp3) is 0.500. The van der Waals surface area contributed by atoms with Crippen molar-refractivity contribution in [2.24, 2.45) is 5.92 Å². The molecule has 102 valence electrons. The number of hydrogen-bond donors (Lipinski definition) is 1. The number of hydrogen-bond acceptors (Lipinski definition) is 4. The highest BCUT2D eigenvalue weighted by Crippen LogP contribution is 2.35. The molecular formula is C12H13F3N4. The molecule has 0 amide bonds. The van der Waals surface area contributed by atoms with Crippen molar-refractivity contribution in [3.63, 3.8) is 0 Å². The molecule has 19 heavy (non-hydrogen) atoms. The molecule has 1 aromatic heterocycles. The number of alkyl halides is 3. The summed E-state index contributed by atoms with van der Waals surface area (Å²) in [7, 11) is 0. The van der Waals surface area contributed by atoms with E-state index in [-0.39, 0.29) is 25.9 Å². The van der Waals surface area contributed by atoms with Gasteiger partial charge in [0.25, 0.3) is 0 Å². The summed E-state index contributed by atoms with van der Waals surface area (Å²) in [4.78, 5) is 5.79. The quantitative estimate of drug-likeness (QED) is 0.850. The zero-order chi connectivity index (χ0) is 14.0. The van der Waals surface area contributed by atoms with Gasteiger partial charge in [0.05, 0.1) is 17.2 Å². The third-order valence-electron chi connectivity index (χ3n) is 3.28. The van der Waals surface area contributed by atoms with Crippen LogP contribution in [0.4, 0.5) is 24.7 Å². The maximum atomic E-state index is 12.6. The van der Waals surface area contributed by atoms with Crippen molar-refractivity contribution in [2.45, 2.75) is 19.0 Å². The molecule has 1 aliphatic heterocycles. The van der Waals surface area contributed by atoms with Gasteiger partial charge in [-0.15, -0.1) is 0 Å². The molecule has 1 saturated heterocycles. The van der Waals surface area contributed by atoms with Gasteiger partial charge >= 0.3 is 6.18 Å². The van der Waals surface area contributed by atoms with Crippen molar-refractivity contribution in [3.05, 3.63) is 17.8 Å². The fourth-order valence-electron chi connectivity index (χ4n) is 2.22. The molecule has 0 aliphatic carbocycles. The van der Waals surface area contributed by atoms with E-state index < -0.39 is 12.1 Å². The first kappa shape index (κ1) is 13.5. The van der Waals surface area contributed by atoms with Crippen molar-refractivity contribution in [3.8, 4) is 6.07 Å². The third kappa shape index (κ3) is 2.89. The molecule has 7 heteroatoms. The van der Waals surface area contributed by atoms with Crippen molar-refractivity contribution < 1.29 is 13.2 Å². The number of halogens is 3. The second-order valence-corrected chi connectivity index (χ2v) is 4.55. The van der Waals surface area contributed by atoms with E-state index >= 15 is 0 Å². The first-order valence-electron chi connectivity index (χ1n) is 5.89. The number of rotatable bonds is 1. The standard InChI is InChI=1S/C12H13F3N4/c13-12(14,15)9-1-3-19(4-2-9)11-10(17)5-8(6-16)7-18-11/h5,7,9H,1-4,17H2. The summed E-state index contributed by atoms with van der Waals surface area (Å²) in [6.45, 7) is 0.542. The summed E-state index contributed by atoms with van der Waals surface area (Å²) in [6.07, 6.45) is -2.66. The zero-order valence-electron chi connectivity index (χ0n) is 10.1. The Bertz CT molecular complexity index is 499. The van der Waals surface area contributed by atoms with E-state index in [0.717, 1.165) is 0 Å². The van der Waals surface area contributed by atoms with Crippen molar-refractivity contribution in [1.29, 1.82) is 5.26 Å². The van der Waals surface area contributed by atoms with Crippen LogP contribution in [0.3, 0.4) is 0 Å². The Kier molecular flexibility index (Phi) is 3.51. The van der Waals surface area contributed by atoms with Gasteiger partial charge in [0.15, 0.2) is 5.82 Å². The van der Waals surface area contributed by atoms with Crippen LogP contribution in [0.25, 0.3) is 0 Å². The van der Waals surface area contributed by atoms with Gasteiger partial charge in [-0.2, -0.15) is 18.4 Å². The van der Waals surface area contributed by atoms with Crippen LogP contribution in [0, 0.1) is 17.2 Å². The first-order chi connectivity index (χ1) is 8.91. The number of nitrogen functional groups attached to an aromatic ring is 1. The number of anilines is 2. The molecule has 2 heterocycles. The molecule has 0 spiro atoms. The highest BCUT2D eigenvalue weighted by atomic mass is 19.4. The summed E-state index contributed by atoms with van der Waals surface area (Å²) in [6, 6.07) is 3.40. The van der Waals surface area contributed by atoms with E-state index in [1.165, 1.54) is 12.3 Å². The summed E-state index contributed by atoms with van der Waals surface area (Å²) in [5.74, 6) is -0.789. The monoisotopic (exact) mass is 270 g/mol. The van der Waals surface area contributed by atoms with Gasteiger partial charge in [-0.3, -0.25) is 0 Å². The Labute approximate surface area is 108 Å². The Morgan fingerprint density at radius 1 is 1.37 bits per heavy atom. The second kappa shape index (κ2) is 4.96. The van der Waals surface area contributed by atoms with Crippen LogP contribution in [-0.4, -0.2) is 24.2 Å². The van der Waals surface area contributed by atoms with Crippen LogP contribution in [0.5, 0.6) is 0 Å². The number of nitrogens with two attached hydrogens (primary N) is 1. The maximum absolute atomic E-state index is 12.6. The highest BCUT2D eigenvalue weighted by Gasteiger charge is 2.41. The van der Waals surface area contributed by atoms with Crippen molar-refractivity contribution >= 4 is 11.5 Å². The molecule has 0 radical (unpaired) electrons. The summed E-state index contributed by atoms with van der Waals surface area (Å²) >= 11 is 0. The normalized spacial score (nSPS) is 17.3. The van der Waals surface area contributed by atoms with Gasteiger partial charge in [-0.25, -0.2) is 4.98 Å². The lowest BCUT2D eigenvalue weighted by molar-refractivity contribution is -0.179. The van der Waals surface area contributed by atoms with Gasteiger partial charge in [0.1, 0.15) is 6.07 Å². The summed E-state index contributed by atoms with van der Waals surface area (Å²) in [5.41, 5.74) is 6.43. The number of aromatic nitrogens is 1. The Hall–Kier alpha value is -1.97. The number of pyridine rings is 1. The number of nitriles is 1. The number of piperidine rings is 1. The minimum absolute atomic E-state index is 0.0463. The van der Waals surface area contributed by atoms with E-state index in [9.17, 15) is 13.2 Å². The topological polar surface area (TPSA) is 65.9 Å². The lowest BCUT2D eigenvalue weighted by Gasteiger charge is -2.34. The molecular weight excluding hydrogens is 257 g/mol. The average molecular weight is 270 g/mol. The molecule has 2 N–H and O–H groups in total. The molecule has 1 fully saturated rings. The first-order valence-corrected chi connectivity index (χ1v) is 5.89. The smallest absolute Gasteiger partial charge is 0.391 e. The zero-order valence-corrected chi connectivity index (χ0v) is 10.1. The minimum Gasteiger partial charge on any atom is -0.396 e. The molecule has 0 aromatic carbocycles. The van der Waals surface area contributed by atoms with Gasteiger partial charge in [-0.1, -0.05) is 0 Å². The lowest BCUT2D eigenvalue weighted by atomic mass is 9.96. The van der Waals surface area contributed by atoms with Crippen molar-refractivity contribution in [2.75, 3.05) is 23.7 Å². The highest BCUT2D eigenvalue weighted by molar-refractivity contribution is 5.64. The molecule has 1 aliphatic rings. The van der Waals surface area contributed by atoms with Crippen LogP contribution in [0.15, 0.2) is 12.3 Å². The van der Waals surface area contributed by atoms with E-state index in [2.05, 4.69) is 4.98 Å². The molecule has 1 aromatic rings. The predicted molar refractivity (Wildman–Crippen MR) is 64.4 cm³/mol. The molecule has 2 rings (SSSR count). The fourth-order valence-corrected chi connectivity index (χ4v) is 2.22.